The SMILES string of the molecule is O=C(O)CC(O)(CC(=O)O)C(=O)O.P.[Co].[Mo]. The zero-order valence-electron chi connectivity index (χ0n) is 7.88. The van der Waals surface area contributed by atoms with Crippen molar-refractivity contribution in [2.24, 2.45) is 0 Å². The summed E-state index contributed by atoms with van der Waals surface area (Å²) < 4.78 is 0. The van der Waals surface area contributed by atoms with Gasteiger partial charge in [0.2, 0.25) is 0 Å². The van der Waals surface area contributed by atoms with Gasteiger partial charge in [0.1, 0.15) is 0 Å². The second kappa shape index (κ2) is 10.2. The van der Waals surface area contributed by atoms with E-state index in [0.717, 1.165) is 0 Å². The summed E-state index contributed by atoms with van der Waals surface area (Å²) in [5.74, 6) is -5.02. The second-order valence-electron chi connectivity index (χ2n) is 2.48. The first-order valence-corrected chi connectivity index (χ1v) is 3.17. The van der Waals surface area contributed by atoms with Crippen LogP contribution in [-0.2, 0) is 52.2 Å². The van der Waals surface area contributed by atoms with Crippen molar-refractivity contribution in [3.8, 4) is 0 Å². The molecule has 1 unspecified atom stereocenters. The molecule has 0 fully saturated rings. The molecule has 0 aliphatic carbocycles. The number of aliphatic hydroxyl groups is 1. The van der Waals surface area contributed by atoms with Crippen LogP contribution in [0.15, 0.2) is 0 Å². The van der Waals surface area contributed by atoms with E-state index in [1.165, 1.54) is 0 Å². The first-order chi connectivity index (χ1) is 5.78. The summed E-state index contributed by atoms with van der Waals surface area (Å²) in [7, 11) is 0. The predicted molar refractivity (Wildman–Crippen MR) is 48.2 cm³/mol. The van der Waals surface area contributed by atoms with Crippen LogP contribution >= 0.6 is 9.90 Å². The minimum Gasteiger partial charge on any atom is -0.481 e. The number of hydrogen-bond acceptors (Lipinski definition) is 4. The van der Waals surface area contributed by atoms with Crippen LogP contribution in [0.5, 0.6) is 0 Å². The summed E-state index contributed by atoms with van der Waals surface area (Å²) in [6.45, 7) is 0. The van der Waals surface area contributed by atoms with E-state index in [1.807, 2.05) is 0 Å². The van der Waals surface area contributed by atoms with E-state index in [-0.39, 0.29) is 47.7 Å². The minimum atomic E-state index is -2.74. The fourth-order valence-electron chi connectivity index (χ4n) is 0.714. The molecule has 10 heteroatoms. The molecule has 0 aromatic rings. The largest absolute Gasteiger partial charge is 0.481 e. The quantitative estimate of drug-likeness (QED) is 0.348. The number of rotatable bonds is 5. The van der Waals surface area contributed by atoms with Gasteiger partial charge in [-0.1, -0.05) is 0 Å². The summed E-state index contributed by atoms with van der Waals surface area (Å²) in [6, 6.07) is 0. The third kappa shape index (κ3) is 9.24. The summed E-state index contributed by atoms with van der Waals surface area (Å²) in [4.78, 5) is 30.5. The molecular formula is C6H11CoMoO7P. The van der Waals surface area contributed by atoms with E-state index in [0.29, 0.717) is 0 Å². The molecule has 16 heavy (non-hydrogen) atoms. The van der Waals surface area contributed by atoms with E-state index < -0.39 is 36.4 Å². The normalized spacial score (nSPS) is 8.81. The molecule has 0 rings (SSSR count). The monoisotopic (exact) mass is 383 g/mol. The molecule has 0 aliphatic rings. The van der Waals surface area contributed by atoms with Gasteiger partial charge in [-0.05, 0) is 0 Å². The molecule has 0 saturated carbocycles. The van der Waals surface area contributed by atoms with Gasteiger partial charge >= 0.3 is 17.9 Å². The van der Waals surface area contributed by atoms with Gasteiger partial charge in [-0.25, -0.2) is 4.79 Å². The van der Waals surface area contributed by atoms with Gasteiger partial charge in [-0.2, -0.15) is 9.90 Å². The zero-order chi connectivity index (χ0) is 10.6. The molecule has 97 valence electrons. The van der Waals surface area contributed by atoms with Crippen LogP contribution in [-0.4, -0.2) is 43.9 Å². The maximum atomic E-state index is 10.3. The third-order valence-electron chi connectivity index (χ3n) is 1.29. The number of hydrogen-bond donors (Lipinski definition) is 4. The average molecular weight is 381 g/mol. The van der Waals surface area contributed by atoms with E-state index in [2.05, 4.69) is 0 Å². The van der Waals surface area contributed by atoms with Crippen molar-refractivity contribution in [2.45, 2.75) is 18.4 Å². The van der Waals surface area contributed by atoms with Crippen molar-refractivity contribution >= 4 is 27.8 Å². The Kier molecular flexibility index (Phi) is 15.9. The van der Waals surface area contributed by atoms with Gasteiger partial charge in [-0.3, -0.25) is 9.59 Å². The van der Waals surface area contributed by atoms with Crippen LogP contribution in [0.4, 0.5) is 0 Å². The maximum Gasteiger partial charge on any atom is 0.336 e. The Hall–Kier alpha value is -0.00519. The molecule has 4 N–H and O–H groups in total. The van der Waals surface area contributed by atoms with Crippen LogP contribution in [0.3, 0.4) is 0 Å². The van der Waals surface area contributed by atoms with E-state index in [1.54, 1.807) is 0 Å². The molecule has 0 spiro atoms. The molecule has 0 bridgehead atoms. The van der Waals surface area contributed by atoms with Crippen LogP contribution in [0.1, 0.15) is 12.8 Å². The van der Waals surface area contributed by atoms with Gasteiger partial charge in [0.05, 0.1) is 12.8 Å². The van der Waals surface area contributed by atoms with Crippen LogP contribution in [0.2, 0.25) is 0 Å². The Labute approximate surface area is 119 Å². The van der Waals surface area contributed by atoms with Gasteiger partial charge in [0.25, 0.3) is 0 Å². The summed E-state index contributed by atoms with van der Waals surface area (Å²) >= 11 is 0. The fourth-order valence-corrected chi connectivity index (χ4v) is 0.714. The van der Waals surface area contributed by atoms with Crippen LogP contribution < -0.4 is 0 Å². The van der Waals surface area contributed by atoms with Crippen molar-refractivity contribution in [1.82, 2.24) is 0 Å². The Balaban J connectivity index is -0.000000240. The molecular weight excluding hydrogens is 370 g/mol. The van der Waals surface area contributed by atoms with E-state index in [4.69, 9.17) is 20.4 Å². The van der Waals surface area contributed by atoms with Crippen molar-refractivity contribution < 1.29 is 72.7 Å². The van der Waals surface area contributed by atoms with Crippen molar-refractivity contribution in [3.05, 3.63) is 0 Å². The predicted octanol–water partition coefficient (Wildman–Crippen LogP) is -1.20. The third-order valence-corrected chi connectivity index (χ3v) is 1.29. The van der Waals surface area contributed by atoms with Crippen molar-refractivity contribution in [3.63, 3.8) is 0 Å². The Bertz CT molecular complexity index is 243. The number of aliphatic carboxylic acids is 3. The number of carboxylic acid groups (broad SMARTS) is 3. The molecule has 1 radical (unpaired) electrons. The van der Waals surface area contributed by atoms with Gasteiger partial charge < -0.3 is 20.4 Å². The standard InChI is InChI=1S/C6H8O7.Co.Mo.H3P/c7-3(8)1-6(13,5(11)12)2-4(9)10;;;/h13H,1-2H2,(H,7,8)(H,9,10)(H,11,12);;;1H3. The fraction of sp³-hybridized carbons (Fsp3) is 0.500. The number of carboxylic acids is 3. The topological polar surface area (TPSA) is 132 Å². The van der Waals surface area contributed by atoms with Crippen LogP contribution in [0, 0.1) is 0 Å². The number of carbonyl (C=O) groups is 3. The van der Waals surface area contributed by atoms with Crippen LogP contribution in [0.25, 0.3) is 0 Å². The molecule has 7 nitrogen and oxygen atoms in total. The molecule has 0 aliphatic heterocycles. The zero-order valence-corrected chi connectivity index (χ0v) is 12.3. The Morgan fingerprint density at radius 1 is 0.938 bits per heavy atom. The Morgan fingerprint density at radius 2 is 1.19 bits per heavy atom. The first kappa shape index (κ1) is 25.0. The van der Waals surface area contributed by atoms with E-state index >= 15 is 0 Å². The first-order valence-electron chi connectivity index (χ1n) is 3.17. The van der Waals surface area contributed by atoms with E-state index in [9.17, 15) is 14.4 Å². The molecule has 0 heterocycles. The molecule has 0 aromatic heterocycles. The van der Waals surface area contributed by atoms with Crippen molar-refractivity contribution in [2.75, 3.05) is 0 Å². The summed E-state index contributed by atoms with van der Waals surface area (Å²) in [6.07, 6.45) is -2.29. The Morgan fingerprint density at radius 3 is 1.31 bits per heavy atom. The minimum absolute atomic E-state index is 0. The smallest absolute Gasteiger partial charge is 0.336 e. The summed E-state index contributed by atoms with van der Waals surface area (Å²) in [5, 5.41) is 33.8. The molecule has 0 saturated heterocycles. The van der Waals surface area contributed by atoms with Gasteiger partial charge in [-0.15, -0.1) is 0 Å². The van der Waals surface area contributed by atoms with Crippen molar-refractivity contribution in [1.29, 1.82) is 0 Å². The van der Waals surface area contributed by atoms with Gasteiger partial charge in [0.15, 0.2) is 5.60 Å². The van der Waals surface area contributed by atoms with Gasteiger partial charge in [0, 0.05) is 37.8 Å². The molecule has 0 aromatic carbocycles. The second-order valence-corrected chi connectivity index (χ2v) is 2.48. The molecule has 1 atom stereocenters. The molecule has 0 amide bonds. The average Bonchev–Trinajstić information content (AvgIpc) is 1.82. The summed E-state index contributed by atoms with van der Waals surface area (Å²) in [5.41, 5.74) is -2.74. The maximum absolute atomic E-state index is 10.3.